The van der Waals surface area contributed by atoms with Gasteiger partial charge in [0.2, 0.25) is 5.88 Å². The molecule has 8 heteroatoms. The fourth-order valence-corrected chi connectivity index (χ4v) is 3.12. The third-order valence-corrected chi connectivity index (χ3v) is 4.65. The molecule has 31 heavy (non-hydrogen) atoms. The first-order chi connectivity index (χ1) is 14.8. The van der Waals surface area contributed by atoms with Gasteiger partial charge in [-0.05, 0) is 36.4 Å². The number of benzene rings is 1. The van der Waals surface area contributed by atoms with E-state index in [-0.39, 0.29) is 24.0 Å². The molecule has 0 amide bonds. The van der Waals surface area contributed by atoms with Gasteiger partial charge in [0.25, 0.3) is 0 Å². The Balaban J connectivity index is 0.00000341. The molecular formula is C23H32IN5O2. The fraction of sp³-hybridized carbons (Fsp3) is 0.391. The second-order valence-electron chi connectivity index (χ2n) is 6.89. The van der Waals surface area contributed by atoms with Crippen molar-refractivity contribution in [3.63, 3.8) is 0 Å². The van der Waals surface area contributed by atoms with Gasteiger partial charge in [-0.1, -0.05) is 24.3 Å². The number of pyridine rings is 1. The Morgan fingerprint density at radius 2 is 1.97 bits per heavy atom. The third kappa shape index (κ3) is 8.02. The Bertz CT molecular complexity index is 927. The van der Waals surface area contributed by atoms with Crippen LogP contribution in [0.15, 0.2) is 59.9 Å². The van der Waals surface area contributed by atoms with Crippen LogP contribution in [-0.2, 0) is 17.8 Å². The molecule has 2 aromatic heterocycles. The van der Waals surface area contributed by atoms with Crippen molar-refractivity contribution in [2.24, 2.45) is 4.99 Å². The second-order valence-corrected chi connectivity index (χ2v) is 6.89. The molecule has 0 fully saturated rings. The third-order valence-electron chi connectivity index (χ3n) is 4.65. The average Bonchev–Trinajstić information content (AvgIpc) is 3.19. The summed E-state index contributed by atoms with van der Waals surface area (Å²) >= 11 is 0. The van der Waals surface area contributed by atoms with Crippen LogP contribution in [0, 0.1) is 0 Å². The summed E-state index contributed by atoms with van der Waals surface area (Å²) in [5.74, 6) is 1.41. The lowest BCUT2D eigenvalue weighted by Crippen LogP contribution is -2.38. The molecule has 0 bridgehead atoms. The molecule has 0 aliphatic rings. The first kappa shape index (κ1) is 24.9. The Morgan fingerprint density at radius 3 is 2.74 bits per heavy atom. The van der Waals surface area contributed by atoms with E-state index < -0.39 is 0 Å². The molecule has 0 saturated carbocycles. The van der Waals surface area contributed by atoms with Crippen molar-refractivity contribution in [2.75, 3.05) is 33.4 Å². The smallest absolute Gasteiger partial charge is 0.213 e. The Labute approximate surface area is 201 Å². The number of para-hydroxylation sites is 1. The summed E-state index contributed by atoms with van der Waals surface area (Å²) in [6.07, 6.45) is 4.96. The van der Waals surface area contributed by atoms with Crippen molar-refractivity contribution in [1.82, 2.24) is 20.2 Å². The van der Waals surface area contributed by atoms with Crippen LogP contribution in [0.4, 0.5) is 0 Å². The minimum absolute atomic E-state index is 0. The predicted molar refractivity (Wildman–Crippen MR) is 136 cm³/mol. The zero-order valence-electron chi connectivity index (χ0n) is 18.2. The number of aromatic nitrogens is 2. The number of rotatable bonds is 11. The highest BCUT2D eigenvalue weighted by Crippen LogP contribution is 2.15. The highest BCUT2D eigenvalue weighted by molar-refractivity contribution is 14.0. The summed E-state index contributed by atoms with van der Waals surface area (Å²) in [6.45, 7) is 6.30. The maximum atomic E-state index is 5.49. The number of hydrogen-bond donors (Lipinski definition) is 2. The number of hydrogen-bond acceptors (Lipinski definition) is 4. The van der Waals surface area contributed by atoms with Crippen LogP contribution in [0.3, 0.4) is 0 Å². The van der Waals surface area contributed by atoms with E-state index in [4.69, 9.17) is 9.47 Å². The van der Waals surface area contributed by atoms with Gasteiger partial charge in [0.1, 0.15) is 6.61 Å². The van der Waals surface area contributed by atoms with E-state index in [1.807, 2.05) is 12.1 Å². The zero-order valence-corrected chi connectivity index (χ0v) is 20.5. The number of nitrogens with zero attached hydrogens (tertiary/aromatic N) is 3. The molecule has 0 radical (unpaired) electrons. The number of fused-ring (bicyclic) bond motifs is 1. The van der Waals surface area contributed by atoms with E-state index in [0.29, 0.717) is 25.6 Å². The van der Waals surface area contributed by atoms with Gasteiger partial charge < -0.3 is 24.7 Å². The molecular weight excluding hydrogens is 505 g/mol. The highest BCUT2D eigenvalue weighted by atomic mass is 127. The summed E-state index contributed by atoms with van der Waals surface area (Å²) in [6, 6.07) is 14.5. The maximum absolute atomic E-state index is 5.49. The zero-order chi connectivity index (χ0) is 21.0. The maximum Gasteiger partial charge on any atom is 0.213 e. The monoisotopic (exact) mass is 537 g/mol. The van der Waals surface area contributed by atoms with Crippen LogP contribution in [0.5, 0.6) is 5.88 Å². The number of guanidine groups is 1. The van der Waals surface area contributed by atoms with Gasteiger partial charge in [0, 0.05) is 50.7 Å². The molecule has 0 unspecified atom stereocenters. The summed E-state index contributed by atoms with van der Waals surface area (Å²) in [5, 5.41) is 7.99. The highest BCUT2D eigenvalue weighted by Gasteiger charge is 2.02. The topological polar surface area (TPSA) is 72.7 Å². The largest absolute Gasteiger partial charge is 0.475 e. The summed E-state index contributed by atoms with van der Waals surface area (Å²) in [5.41, 5.74) is 2.31. The molecule has 0 atom stereocenters. The quantitative estimate of drug-likeness (QED) is 0.169. The lowest BCUT2D eigenvalue weighted by molar-refractivity contribution is 0.143. The van der Waals surface area contributed by atoms with E-state index in [1.54, 1.807) is 13.3 Å². The predicted octanol–water partition coefficient (Wildman–Crippen LogP) is 3.82. The van der Waals surface area contributed by atoms with Crippen LogP contribution >= 0.6 is 24.0 Å². The van der Waals surface area contributed by atoms with Crippen LogP contribution < -0.4 is 15.4 Å². The molecule has 3 rings (SSSR count). The van der Waals surface area contributed by atoms with E-state index >= 15 is 0 Å². The van der Waals surface area contributed by atoms with Crippen molar-refractivity contribution in [3.05, 3.63) is 60.4 Å². The SMILES string of the molecule is CCNC(=NCc1ccc(OCCOC)nc1)NCCCn1ccc2ccccc21.I. The van der Waals surface area contributed by atoms with Crippen LogP contribution in [-0.4, -0.2) is 48.9 Å². The van der Waals surface area contributed by atoms with Gasteiger partial charge in [-0.3, -0.25) is 0 Å². The average molecular weight is 537 g/mol. The van der Waals surface area contributed by atoms with Gasteiger partial charge in [-0.2, -0.15) is 0 Å². The number of halogens is 1. The standard InChI is InChI=1S/C23H31N5O2.HI/c1-3-24-23(27-18-19-9-10-22(26-17-19)30-16-15-29-2)25-12-6-13-28-14-11-20-7-4-5-8-21(20)28;/h4-5,7-11,14,17H,3,6,12-13,15-16,18H2,1-2H3,(H2,24,25,27);1H. The summed E-state index contributed by atoms with van der Waals surface area (Å²) < 4.78 is 12.8. The van der Waals surface area contributed by atoms with Crippen molar-refractivity contribution >= 4 is 40.8 Å². The van der Waals surface area contributed by atoms with E-state index in [2.05, 4.69) is 68.6 Å². The number of ether oxygens (including phenoxy) is 2. The molecule has 2 heterocycles. The molecule has 2 N–H and O–H groups in total. The van der Waals surface area contributed by atoms with Gasteiger partial charge in [0.05, 0.1) is 13.2 Å². The number of aliphatic imine (C=N–C) groups is 1. The molecule has 3 aromatic rings. The van der Waals surface area contributed by atoms with Crippen LogP contribution in [0.1, 0.15) is 18.9 Å². The van der Waals surface area contributed by atoms with Gasteiger partial charge >= 0.3 is 0 Å². The Morgan fingerprint density at radius 1 is 1.10 bits per heavy atom. The van der Waals surface area contributed by atoms with Crippen LogP contribution in [0.25, 0.3) is 10.9 Å². The van der Waals surface area contributed by atoms with Crippen molar-refractivity contribution in [2.45, 2.75) is 26.4 Å². The van der Waals surface area contributed by atoms with Crippen molar-refractivity contribution in [3.8, 4) is 5.88 Å². The van der Waals surface area contributed by atoms with Crippen LogP contribution in [0.2, 0.25) is 0 Å². The molecule has 0 saturated heterocycles. The molecule has 1 aromatic carbocycles. The molecule has 0 spiro atoms. The van der Waals surface area contributed by atoms with Crippen molar-refractivity contribution < 1.29 is 9.47 Å². The minimum atomic E-state index is 0. The molecule has 168 valence electrons. The van der Waals surface area contributed by atoms with E-state index in [1.165, 1.54) is 10.9 Å². The second kappa shape index (κ2) is 13.9. The molecule has 7 nitrogen and oxygen atoms in total. The van der Waals surface area contributed by atoms with Gasteiger partial charge in [-0.15, -0.1) is 24.0 Å². The summed E-state index contributed by atoms with van der Waals surface area (Å²) in [4.78, 5) is 8.97. The number of nitrogens with one attached hydrogen (secondary N) is 2. The minimum Gasteiger partial charge on any atom is -0.475 e. The van der Waals surface area contributed by atoms with Crippen molar-refractivity contribution in [1.29, 1.82) is 0 Å². The lowest BCUT2D eigenvalue weighted by atomic mass is 10.2. The summed E-state index contributed by atoms with van der Waals surface area (Å²) in [7, 11) is 1.65. The normalized spacial score (nSPS) is 11.2. The fourth-order valence-electron chi connectivity index (χ4n) is 3.12. The van der Waals surface area contributed by atoms with E-state index in [9.17, 15) is 0 Å². The number of methoxy groups -OCH3 is 1. The Kier molecular flexibility index (Phi) is 11.2. The number of aryl methyl sites for hydroxylation is 1. The molecule has 0 aliphatic carbocycles. The van der Waals surface area contributed by atoms with Gasteiger partial charge in [-0.25, -0.2) is 9.98 Å². The Hall–Kier alpha value is -2.33. The van der Waals surface area contributed by atoms with Gasteiger partial charge in [0.15, 0.2) is 5.96 Å². The molecule has 0 aliphatic heterocycles. The first-order valence-electron chi connectivity index (χ1n) is 10.4. The first-order valence-corrected chi connectivity index (χ1v) is 10.4. The van der Waals surface area contributed by atoms with E-state index in [0.717, 1.165) is 37.6 Å². The lowest BCUT2D eigenvalue weighted by Gasteiger charge is -2.12.